The number of rotatable bonds is 3. The summed E-state index contributed by atoms with van der Waals surface area (Å²) >= 11 is 0. The summed E-state index contributed by atoms with van der Waals surface area (Å²) in [5.41, 5.74) is 6.80. The van der Waals surface area contributed by atoms with Crippen molar-refractivity contribution in [1.29, 1.82) is 0 Å². The van der Waals surface area contributed by atoms with Crippen LogP contribution in [-0.2, 0) is 13.1 Å². The van der Waals surface area contributed by atoms with Crippen LogP contribution in [-0.4, -0.2) is 43.0 Å². The van der Waals surface area contributed by atoms with Crippen LogP contribution in [0.1, 0.15) is 23.5 Å². The van der Waals surface area contributed by atoms with Crippen molar-refractivity contribution >= 4 is 0 Å². The van der Waals surface area contributed by atoms with Crippen molar-refractivity contribution in [2.24, 2.45) is 5.73 Å². The molecule has 0 spiro atoms. The van der Waals surface area contributed by atoms with Gasteiger partial charge in [-0.15, -0.1) is 0 Å². The molecule has 1 aromatic heterocycles. The summed E-state index contributed by atoms with van der Waals surface area (Å²) in [7, 11) is 2.19. The van der Waals surface area contributed by atoms with E-state index in [2.05, 4.69) is 29.8 Å². The van der Waals surface area contributed by atoms with E-state index in [1.807, 2.05) is 0 Å². The van der Waals surface area contributed by atoms with Crippen molar-refractivity contribution in [3.63, 3.8) is 0 Å². The third-order valence-electron chi connectivity index (χ3n) is 3.45. The molecule has 1 aliphatic rings. The molecule has 0 amide bonds. The normalized spacial score (nSPS) is 19.5. The average molecular weight is 237 g/mol. The predicted molar refractivity (Wildman–Crippen MR) is 68.7 cm³/mol. The summed E-state index contributed by atoms with van der Waals surface area (Å²) in [6, 6.07) is 2.12. The van der Waals surface area contributed by atoms with Gasteiger partial charge in [0.15, 0.2) is 0 Å². The average Bonchev–Trinajstić information content (AvgIpc) is 2.52. The molecule has 4 heteroatoms. The molecule has 0 atom stereocenters. The summed E-state index contributed by atoms with van der Waals surface area (Å²) in [5.74, 6) is 1.97. The molecule has 0 radical (unpaired) electrons. The van der Waals surface area contributed by atoms with Crippen LogP contribution in [0.2, 0.25) is 0 Å². The highest BCUT2D eigenvalue weighted by Crippen LogP contribution is 2.16. The minimum atomic E-state index is 0.495. The van der Waals surface area contributed by atoms with Crippen molar-refractivity contribution < 1.29 is 4.42 Å². The minimum Gasteiger partial charge on any atom is -0.463 e. The first-order valence-electron chi connectivity index (χ1n) is 6.38. The molecule has 1 saturated heterocycles. The third-order valence-corrected chi connectivity index (χ3v) is 3.45. The van der Waals surface area contributed by atoms with Gasteiger partial charge < -0.3 is 15.1 Å². The zero-order valence-corrected chi connectivity index (χ0v) is 10.9. The van der Waals surface area contributed by atoms with E-state index in [0.717, 1.165) is 37.7 Å². The molecule has 2 heterocycles. The first-order chi connectivity index (χ1) is 8.19. The van der Waals surface area contributed by atoms with Crippen LogP contribution in [0.25, 0.3) is 0 Å². The Balaban J connectivity index is 1.95. The van der Waals surface area contributed by atoms with Gasteiger partial charge in [0.1, 0.15) is 11.5 Å². The van der Waals surface area contributed by atoms with Crippen LogP contribution in [0.5, 0.6) is 0 Å². The molecule has 0 unspecified atom stereocenters. The molecular formula is C13H23N3O. The highest BCUT2D eigenvalue weighted by molar-refractivity contribution is 5.19. The Bertz CT molecular complexity index is 362. The van der Waals surface area contributed by atoms with Crippen LogP contribution in [0.15, 0.2) is 10.5 Å². The molecule has 0 aromatic carbocycles. The van der Waals surface area contributed by atoms with Crippen LogP contribution < -0.4 is 5.73 Å². The number of hydrogen-bond acceptors (Lipinski definition) is 4. The smallest absolute Gasteiger partial charge is 0.120 e. The topological polar surface area (TPSA) is 45.6 Å². The predicted octanol–water partition coefficient (Wildman–Crippen LogP) is 1.18. The minimum absolute atomic E-state index is 0.495. The van der Waals surface area contributed by atoms with Crippen LogP contribution >= 0.6 is 0 Å². The number of aryl methyl sites for hydroxylation is 1. The van der Waals surface area contributed by atoms with E-state index in [1.54, 1.807) is 0 Å². The lowest BCUT2D eigenvalue weighted by Gasteiger charge is -2.18. The Morgan fingerprint density at radius 2 is 2.12 bits per heavy atom. The number of nitrogens with zero attached hydrogens (tertiary/aromatic N) is 2. The molecule has 17 heavy (non-hydrogen) atoms. The van der Waals surface area contributed by atoms with Gasteiger partial charge in [-0.3, -0.25) is 4.90 Å². The van der Waals surface area contributed by atoms with Crippen molar-refractivity contribution in [3.8, 4) is 0 Å². The van der Waals surface area contributed by atoms with Gasteiger partial charge in [-0.25, -0.2) is 0 Å². The Kier molecular flexibility index (Phi) is 4.20. The van der Waals surface area contributed by atoms with E-state index >= 15 is 0 Å². The van der Waals surface area contributed by atoms with Crippen molar-refractivity contribution in [1.82, 2.24) is 9.80 Å². The highest BCUT2D eigenvalue weighted by Gasteiger charge is 2.14. The van der Waals surface area contributed by atoms with E-state index in [9.17, 15) is 0 Å². The Labute approximate surface area is 103 Å². The monoisotopic (exact) mass is 237 g/mol. The van der Waals surface area contributed by atoms with Crippen molar-refractivity contribution in [2.45, 2.75) is 26.4 Å². The van der Waals surface area contributed by atoms with E-state index in [1.165, 1.54) is 18.5 Å². The summed E-state index contributed by atoms with van der Waals surface area (Å²) in [4.78, 5) is 4.85. The molecule has 1 fully saturated rings. The zero-order valence-electron chi connectivity index (χ0n) is 10.9. The van der Waals surface area contributed by atoms with E-state index in [-0.39, 0.29) is 0 Å². The first kappa shape index (κ1) is 12.6. The van der Waals surface area contributed by atoms with E-state index < -0.39 is 0 Å². The van der Waals surface area contributed by atoms with Crippen molar-refractivity contribution in [2.75, 3.05) is 33.2 Å². The summed E-state index contributed by atoms with van der Waals surface area (Å²) in [6.45, 7) is 8.08. The van der Waals surface area contributed by atoms with Gasteiger partial charge >= 0.3 is 0 Å². The second-order valence-electron chi connectivity index (χ2n) is 4.96. The molecule has 0 saturated carbocycles. The lowest BCUT2D eigenvalue weighted by Crippen LogP contribution is -2.28. The van der Waals surface area contributed by atoms with Gasteiger partial charge in [0.05, 0.1) is 13.1 Å². The van der Waals surface area contributed by atoms with Gasteiger partial charge in [0.25, 0.3) is 0 Å². The number of hydrogen-bond donors (Lipinski definition) is 1. The van der Waals surface area contributed by atoms with Crippen LogP contribution in [0.4, 0.5) is 0 Å². The van der Waals surface area contributed by atoms with Gasteiger partial charge in [-0.1, -0.05) is 0 Å². The molecular weight excluding hydrogens is 214 g/mol. The summed E-state index contributed by atoms with van der Waals surface area (Å²) in [6.07, 6.45) is 1.24. The quantitative estimate of drug-likeness (QED) is 0.857. The Hall–Kier alpha value is -0.840. The number of nitrogens with two attached hydrogens (primary N) is 1. The fourth-order valence-corrected chi connectivity index (χ4v) is 2.35. The lowest BCUT2D eigenvalue weighted by molar-refractivity contribution is 0.246. The molecule has 4 nitrogen and oxygen atoms in total. The van der Waals surface area contributed by atoms with E-state index in [4.69, 9.17) is 10.2 Å². The number of likely N-dealkylation sites (N-methyl/N-ethyl adjacent to an activating group) is 1. The lowest BCUT2D eigenvalue weighted by atomic mass is 10.2. The summed E-state index contributed by atoms with van der Waals surface area (Å²) in [5, 5.41) is 0. The van der Waals surface area contributed by atoms with Crippen molar-refractivity contribution in [3.05, 3.63) is 23.2 Å². The Morgan fingerprint density at radius 1 is 1.29 bits per heavy atom. The fraction of sp³-hybridized carbons (Fsp3) is 0.692. The first-order valence-corrected chi connectivity index (χ1v) is 6.38. The van der Waals surface area contributed by atoms with Gasteiger partial charge in [-0.2, -0.15) is 0 Å². The van der Waals surface area contributed by atoms with E-state index in [0.29, 0.717) is 6.54 Å². The molecule has 1 aromatic rings. The standard InChI is InChI=1S/C13H23N3O/c1-11-8-12(17-13(11)9-14)10-16-5-3-4-15(2)6-7-16/h8H,3-7,9-10,14H2,1-2H3. The second kappa shape index (κ2) is 5.67. The molecule has 0 aliphatic carbocycles. The molecule has 2 rings (SSSR count). The number of furan rings is 1. The Morgan fingerprint density at radius 3 is 2.82 bits per heavy atom. The SMILES string of the molecule is Cc1cc(CN2CCCN(C)CC2)oc1CN. The zero-order chi connectivity index (χ0) is 12.3. The van der Waals surface area contributed by atoms with Crippen LogP contribution in [0, 0.1) is 6.92 Å². The molecule has 0 bridgehead atoms. The molecule has 96 valence electrons. The van der Waals surface area contributed by atoms with Gasteiger partial charge in [0, 0.05) is 13.1 Å². The fourth-order valence-electron chi connectivity index (χ4n) is 2.35. The second-order valence-corrected chi connectivity index (χ2v) is 4.96. The maximum Gasteiger partial charge on any atom is 0.120 e. The summed E-state index contributed by atoms with van der Waals surface area (Å²) < 4.78 is 5.75. The largest absolute Gasteiger partial charge is 0.463 e. The maximum absolute atomic E-state index is 5.75. The van der Waals surface area contributed by atoms with Gasteiger partial charge in [0.2, 0.25) is 0 Å². The van der Waals surface area contributed by atoms with Crippen LogP contribution in [0.3, 0.4) is 0 Å². The molecule has 1 aliphatic heterocycles. The third kappa shape index (κ3) is 3.31. The molecule has 2 N–H and O–H groups in total. The maximum atomic E-state index is 5.75. The van der Waals surface area contributed by atoms with Gasteiger partial charge in [-0.05, 0) is 45.1 Å². The highest BCUT2D eigenvalue weighted by atomic mass is 16.3.